The minimum Gasteiger partial charge on any atom is -0.492 e. The Hall–Kier alpha value is -2.27. The Kier molecular flexibility index (Phi) is 5.61. The molecule has 6 heteroatoms. The topological polar surface area (TPSA) is 50.4 Å². The molecule has 0 aliphatic rings. The summed E-state index contributed by atoms with van der Waals surface area (Å²) in [5, 5.41) is 5.69. The summed E-state index contributed by atoms with van der Waals surface area (Å²) in [4.78, 5) is 11.6. The maximum Gasteiger partial charge on any atom is 0.319 e. The molecule has 0 saturated heterocycles. The van der Waals surface area contributed by atoms with Crippen molar-refractivity contribution >= 4 is 23.3 Å². The van der Waals surface area contributed by atoms with Crippen molar-refractivity contribution in [2.45, 2.75) is 6.92 Å². The summed E-state index contributed by atoms with van der Waals surface area (Å²) in [6.45, 7) is 2.48. The van der Waals surface area contributed by atoms with Crippen LogP contribution in [0.5, 0.6) is 5.75 Å². The zero-order chi connectivity index (χ0) is 15.9. The summed E-state index contributed by atoms with van der Waals surface area (Å²) in [7, 11) is 0. The predicted molar refractivity (Wildman–Crippen MR) is 85.1 cm³/mol. The summed E-state index contributed by atoms with van der Waals surface area (Å²) in [5.74, 6) is 0.198. The molecule has 22 heavy (non-hydrogen) atoms. The van der Waals surface area contributed by atoms with Gasteiger partial charge < -0.3 is 15.4 Å². The van der Waals surface area contributed by atoms with E-state index < -0.39 is 11.8 Å². The number of amides is 2. The van der Waals surface area contributed by atoms with Gasteiger partial charge in [0.05, 0.1) is 12.2 Å². The Morgan fingerprint density at radius 2 is 2.05 bits per heavy atom. The normalized spacial score (nSPS) is 10.1. The van der Waals surface area contributed by atoms with Crippen LogP contribution in [0.25, 0.3) is 0 Å². The minimum atomic E-state index is -0.485. The van der Waals surface area contributed by atoms with Gasteiger partial charge in [0.25, 0.3) is 0 Å². The van der Waals surface area contributed by atoms with Gasteiger partial charge >= 0.3 is 6.03 Å². The number of aryl methyl sites for hydroxylation is 1. The molecule has 2 rings (SSSR count). The lowest BCUT2D eigenvalue weighted by Crippen LogP contribution is -2.32. The summed E-state index contributed by atoms with van der Waals surface area (Å²) < 4.78 is 18.8. The highest BCUT2D eigenvalue weighted by atomic mass is 35.5. The van der Waals surface area contributed by atoms with Crippen LogP contribution in [0.2, 0.25) is 5.02 Å². The van der Waals surface area contributed by atoms with Gasteiger partial charge in [0.2, 0.25) is 0 Å². The number of rotatable bonds is 5. The van der Waals surface area contributed by atoms with Crippen molar-refractivity contribution in [1.29, 1.82) is 0 Å². The second kappa shape index (κ2) is 7.66. The summed E-state index contributed by atoms with van der Waals surface area (Å²) in [6, 6.07) is 10.8. The minimum absolute atomic E-state index is 0.134. The molecule has 0 aliphatic heterocycles. The van der Waals surface area contributed by atoms with Crippen LogP contribution in [-0.4, -0.2) is 19.2 Å². The number of urea groups is 1. The van der Waals surface area contributed by atoms with E-state index in [4.69, 9.17) is 16.3 Å². The molecule has 2 amide bonds. The zero-order valence-corrected chi connectivity index (χ0v) is 12.8. The molecule has 0 unspecified atom stereocenters. The van der Waals surface area contributed by atoms with E-state index in [-0.39, 0.29) is 5.69 Å². The van der Waals surface area contributed by atoms with E-state index >= 15 is 0 Å². The highest BCUT2D eigenvalue weighted by Crippen LogP contribution is 2.20. The van der Waals surface area contributed by atoms with Crippen molar-refractivity contribution in [2.75, 3.05) is 18.5 Å². The van der Waals surface area contributed by atoms with Gasteiger partial charge in [0.1, 0.15) is 18.2 Å². The van der Waals surface area contributed by atoms with Crippen molar-refractivity contribution in [1.82, 2.24) is 5.32 Å². The van der Waals surface area contributed by atoms with Gasteiger partial charge in [-0.25, -0.2) is 9.18 Å². The quantitative estimate of drug-likeness (QED) is 0.818. The third-order valence-electron chi connectivity index (χ3n) is 2.91. The van der Waals surface area contributed by atoms with Crippen LogP contribution in [0.3, 0.4) is 0 Å². The smallest absolute Gasteiger partial charge is 0.319 e. The Bertz CT molecular complexity index is 664. The van der Waals surface area contributed by atoms with Crippen LogP contribution < -0.4 is 15.4 Å². The van der Waals surface area contributed by atoms with Gasteiger partial charge in [-0.2, -0.15) is 0 Å². The van der Waals surface area contributed by atoms with Crippen LogP contribution in [0.15, 0.2) is 42.5 Å². The second-order valence-corrected chi connectivity index (χ2v) is 5.03. The molecule has 0 atom stereocenters. The van der Waals surface area contributed by atoms with E-state index in [2.05, 4.69) is 10.6 Å². The summed E-state index contributed by atoms with van der Waals surface area (Å²) >= 11 is 5.92. The SMILES string of the molecule is Cc1cc(OCCNC(=O)Nc2ccccc2F)ccc1Cl. The van der Waals surface area contributed by atoms with E-state index in [1.807, 2.05) is 13.0 Å². The predicted octanol–water partition coefficient (Wildman–Crippen LogP) is 3.99. The molecule has 0 aliphatic carbocycles. The molecular weight excluding hydrogens is 307 g/mol. The van der Waals surface area contributed by atoms with Crippen molar-refractivity contribution < 1.29 is 13.9 Å². The molecule has 116 valence electrons. The van der Waals surface area contributed by atoms with Crippen LogP contribution in [0, 0.1) is 12.7 Å². The molecular formula is C16H16ClFN2O2. The van der Waals surface area contributed by atoms with Crippen molar-refractivity contribution in [2.24, 2.45) is 0 Å². The lowest BCUT2D eigenvalue weighted by molar-refractivity contribution is 0.247. The number of para-hydroxylation sites is 1. The Morgan fingerprint density at radius 1 is 1.27 bits per heavy atom. The molecule has 0 fully saturated rings. The van der Waals surface area contributed by atoms with Gasteiger partial charge in [-0.05, 0) is 42.8 Å². The Balaban J connectivity index is 1.73. The van der Waals surface area contributed by atoms with Gasteiger partial charge in [0.15, 0.2) is 0 Å². The van der Waals surface area contributed by atoms with Gasteiger partial charge in [-0.3, -0.25) is 0 Å². The number of hydrogen-bond acceptors (Lipinski definition) is 2. The first-order valence-electron chi connectivity index (χ1n) is 6.74. The first-order chi connectivity index (χ1) is 10.6. The molecule has 0 heterocycles. The van der Waals surface area contributed by atoms with Crippen LogP contribution >= 0.6 is 11.6 Å². The van der Waals surface area contributed by atoms with Gasteiger partial charge in [0, 0.05) is 5.02 Å². The first-order valence-corrected chi connectivity index (χ1v) is 7.12. The standard InChI is InChI=1S/C16H16ClFN2O2/c1-11-10-12(6-7-13(11)17)22-9-8-19-16(21)20-15-5-3-2-4-14(15)18/h2-7,10H,8-9H2,1H3,(H2,19,20,21). The highest BCUT2D eigenvalue weighted by molar-refractivity contribution is 6.31. The molecule has 0 bridgehead atoms. The maximum atomic E-state index is 13.4. The molecule has 2 aromatic carbocycles. The molecule has 0 aromatic heterocycles. The molecule has 2 N–H and O–H groups in total. The molecule has 0 spiro atoms. The Labute approximate surface area is 133 Å². The molecule has 0 saturated carbocycles. The van der Waals surface area contributed by atoms with E-state index in [9.17, 15) is 9.18 Å². The number of ether oxygens (including phenoxy) is 1. The third kappa shape index (κ3) is 4.63. The van der Waals surface area contributed by atoms with Crippen LogP contribution in [0.1, 0.15) is 5.56 Å². The van der Waals surface area contributed by atoms with E-state index in [0.29, 0.717) is 23.9 Å². The largest absolute Gasteiger partial charge is 0.492 e. The first kappa shape index (κ1) is 16.1. The van der Waals surface area contributed by atoms with Crippen LogP contribution in [-0.2, 0) is 0 Å². The van der Waals surface area contributed by atoms with Gasteiger partial charge in [-0.15, -0.1) is 0 Å². The van der Waals surface area contributed by atoms with Crippen LogP contribution in [0.4, 0.5) is 14.9 Å². The number of hydrogen-bond donors (Lipinski definition) is 2. The molecule has 4 nitrogen and oxygen atoms in total. The fourth-order valence-electron chi connectivity index (χ4n) is 1.77. The Morgan fingerprint density at radius 3 is 2.77 bits per heavy atom. The average Bonchev–Trinajstić information content (AvgIpc) is 2.49. The zero-order valence-electron chi connectivity index (χ0n) is 12.0. The van der Waals surface area contributed by atoms with Crippen molar-refractivity contribution in [3.05, 3.63) is 58.9 Å². The summed E-state index contributed by atoms with van der Waals surface area (Å²) in [5.41, 5.74) is 1.05. The number of nitrogens with one attached hydrogen (secondary N) is 2. The number of carbonyl (C=O) groups is 1. The average molecular weight is 323 g/mol. The maximum absolute atomic E-state index is 13.4. The van der Waals surface area contributed by atoms with E-state index in [1.54, 1.807) is 24.3 Å². The summed E-state index contributed by atoms with van der Waals surface area (Å²) in [6.07, 6.45) is 0. The monoisotopic (exact) mass is 322 g/mol. The number of anilines is 1. The number of halogens is 2. The second-order valence-electron chi connectivity index (χ2n) is 4.62. The lowest BCUT2D eigenvalue weighted by Gasteiger charge is -2.10. The molecule has 2 aromatic rings. The highest BCUT2D eigenvalue weighted by Gasteiger charge is 2.05. The van der Waals surface area contributed by atoms with Crippen molar-refractivity contribution in [3.63, 3.8) is 0 Å². The van der Waals surface area contributed by atoms with E-state index in [0.717, 1.165) is 5.56 Å². The van der Waals surface area contributed by atoms with E-state index in [1.165, 1.54) is 12.1 Å². The lowest BCUT2D eigenvalue weighted by atomic mass is 10.2. The fraction of sp³-hybridized carbons (Fsp3) is 0.188. The third-order valence-corrected chi connectivity index (χ3v) is 3.33. The van der Waals surface area contributed by atoms with Gasteiger partial charge in [-0.1, -0.05) is 23.7 Å². The molecule has 0 radical (unpaired) electrons. The number of benzene rings is 2. The number of carbonyl (C=O) groups excluding carboxylic acids is 1. The fourth-order valence-corrected chi connectivity index (χ4v) is 1.89. The van der Waals surface area contributed by atoms with Crippen molar-refractivity contribution in [3.8, 4) is 5.75 Å².